The maximum atomic E-state index is 5.91. The van der Waals surface area contributed by atoms with Gasteiger partial charge in [-0.2, -0.15) is 5.10 Å². The fourth-order valence-electron chi connectivity index (χ4n) is 1.50. The molecule has 1 aromatic heterocycles. The number of nitrogen functional groups attached to an aromatic ring is 1. The number of halogens is 1. The van der Waals surface area contributed by atoms with Crippen molar-refractivity contribution in [2.45, 2.75) is 19.8 Å². The van der Waals surface area contributed by atoms with Gasteiger partial charge in [0.1, 0.15) is 5.82 Å². The van der Waals surface area contributed by atoms with E-state index in [1.165, 1.54) is 0 Å². The Balaban J connectivity index is 2.35. The van der Waals surface area contributed by atoms with Gasteiger partial charge in [0.15, 0.2) is 5.82 Å². The first-order valence-corrected chi connectivity index (χ1v) is 5.96. The van der Waals surface area contributed by atoms with Gasteiger partial charge in [-0.15, -0.1) is 0 Å². The first kappa shape index (κ1) is 11.1. The monoisotopic (exact) mass is 280 g/mol. The summed E-state index contributed by atoms with van der Waals surface area (Å²) in [5.74, 6) is 1.56. The summed E-state index contributed by atoms with van der Waals surface area (Å²) in [6.07, 6.45) is 1.95. The molecule has 0 saturated carbocycles. The van der Waals surface area contributed by atoms with Crippen LogP contribution >= 0.6 is 15.9 Å². The van der Waals surface area contributed by atoms with Crippen LogP contribution in [0.1, 0.15) is 19.2 Å². The minimum absolute atomic E-state index is 0.661. The summed E-state index contributed by atoms with van der Waals surface area (Å²) in [7, 11) is 0. The first-order chi connectivity index (χ1) is 7.70. The molecular formula is C11H13BrN4. The lowest BCUT2D eigenvalue weighted by Crippen LogP contribution is -1.91. The Morgan fingerprint density at radius 2 is 2.25 bits per heavy atom. The number of aromatic nitrogens is 3. The summed E-state index contributed by atoms with van der Waals surface area (Å²) in [6.45, 7) is 2.11. The van der Waals surface area contributed by atoms with Gasteiger partial charge in [-0.05, 0) is 24.6 Å². The molecule has 0 fully saturated rings. The van der Waals surface area contributed by atoms with E-state index in [1.807, 2.05) is 18.2 Å². The van der Waals surface area contributed by atoms with Crippen LogP contribution in [0.25, 0.3) is 11.4 Å². The van der Waals surface area contributed by atoms with Crippen molar-refractivity contribution in [2.24, 2.45) is 0 Å². The number of H-pyrrole nitrogens is 1. The Morgan fingerprint density at radius 1 is 1.44 bits per heavy atom. The van der Waals surface area contributed by atoms with E-state index in [2.05, 4.69) is 38.0 Å². The summed E-state index contributed by atoms with van der Waals surface area (Å²) in [6, 6.07) is 5.70. The van der Waals surface area contributed by atoms with E-state index in [0.717, 1.165) is 28.7 Å². The molecular weight excluding hydrogens is 268 g/mol. The van der Waals surface area contributed by atoms with Crippen LogP contribution in [0.15, 0.2) is 22.7 Å². The molecule has 2 aromatic rings. The van der Waals surface area contributed by atoms with E-state index in [1.54, 1.807) is 0 Å². The highest BCUT2D eigenvalue weighted by atomic mass is 79.9. The third-order valence-corrected chi connectivity index (χ3v) is 2.77. The number of nitrogens with one attached hydrogen (secondary N) is 1. The van der Waals surface area contributed by atoms with Gasteiger partial charge in [0.2, 0.25) is 0 Å². The molecule has 3 N–H and O–H groups in total. The molecule has 0 atom stereocenters. The smallest absolute Gasteiger partial charge is 0.183 e. The highest BCUT2D eigenvalue weighted by Gasteiger charge is 2.08. The molecule has 0 unspecified atom stereocenters. The fourth-order valence-corrected chi connectivity index (χ4v) is 1.88. The van der Waals surface area contributed by atoms with Crippen molar-refractivity contribution in [3.05, 3.63) is 28.5 Å². The largest absolute Gasteiger partial charge is 0.398 e. The van der Waals surface area contributed by atoms with E-state index in [9.17, 15) is 0 Å². The Labute approximate surface area is 102 Å². The van der Waals surface area contributed by atoms with E-state index in [-0.39, 0.29) is 0 Å². The Morgan fingerprint density at radius 3 is 2.94 bits per heavy atom. The zero-order chi connectivity index (χ0) is 11.5. The number of nitrogens with zero attached hydrogens (tertiary/aromatic N) is 2. The maximum absolute atomic E-state index is 5.91. The lowest BCUT2D eigenvalue weighted by molar-refractivity contribution is 0.841. The highest BCUT2D eigenvalue weighted by Crippen LogP contribution is 2.25. The third kappa shape index (κ3) is 2.24. The summed E-state index contributed by atoms with van der Waals surface area (Å²) in [5, 5.41) is 7.08. The molecule has 0 aliphatic carbocycles. The zero-order valence-electron chi connectivity index (χ0n) is 9.00. The molecule has 1 aromatic carbocycles. The van der Waals surface area contributed by atoms with Crippen LogP contribution in [0.3, 0.4) is 0 Å². The van der Waals surface area contributed by atoms with Crippen LogP contribution in [-0.2, 0) is 6.42 Å². The van der Waals surface area contributed by atoms with Crippen molar-refractivity contribution in [1.82, 2.24) is 15.2 Å². The molecule has 16 heavy (non-hydrogen) atoms. The van der Waals surface area contributed by atoms with E-state index < -0.39 is 0 Å². The van der Waals surface area contributed by atoms with Gasteiger partial charge >= 0.3 is 0 Å². The van der Waals surface area contributed by atoms with Crippen LogP contribution in [-0.4, -0.2) is 15.2 Å². The number of rotatable bonds is 3. The van der Waals surface area contributed by atoms with Crippen molar-refractivity contribution in [3.8, 4) is 11.4 Å². The molecule has 0 saturated heterocycles. The zero-order valence-corrected chi connectivity index (χ0v) is 10.6. The molecule has 84 valence electrons. The number of aromatic amines is 1. The molecule has 4 nitrogen and oxygen atoms in total. The highest BCUT2D eigenvalue weighted by molar-refractivity contribution is 9.10. The van der Waals surface area contributed by atoms with Crippen LogP contribution in [0.2, 0.25) is 0 Å². The van der Waals surface area contributed by atoms with Crippen LogP contribution in [0.4, 0.5) is 5.69 Å². The molecule has 0 aliphatic rings. The quantitative estimate of drug-likeness (QED) is 0.850. The summed E-state index contributed by atoms with van der Waals surface area (Å²) < 4.78 is 0.957. The lowest BCUT2D eigenvalue weighted by atomic mass is 10.2. The van der Waals surface area contributed by atoms with Crippen LogP contribution < -0.4 is 5.73 Å². The first-order valence-electron chi connectivity index (χ1n) is 5.17. The van der Waals surface area contributed by atoms with Gasteiger partial charge in [-0.1, -0.05) is 22.9 Å². The summed E-state index contributed by atoms with van der Waals surface area (Å²) in [5.41, 5.74) is 7.45. The minimum atomic E-state index is 0.661. The molecule has 1 heterocycles. The fraction of sp³-hybridized carbons (Fsp3) is 0.273. The molecule has 0 bridgehead atoms. The van der Waals surface area contributed by atoms with E-state index in [0.29, 0.717) is 11.5 Å². The van der Waals surface area contributed by atoms with Gasteiger partial charge in [-0.3, -0.25) is 5.10 Å². The third-order valence-electron chi connectivity index (χ3n) is 2.27. The molecule has 0 amide bonds. The SMILES string of the molecule is CCCc1nc(-c2ccc(Br)cc2N)n[nH]1. The van der Waals surface area contributed by atoms with Crippen LogP contribution in [0, 0.1) is 0 Å². The Bertz CT molecular complexity index is 492. The number of aryl methyl sites for hydroxylation is 1. The van der Waals surface area contributed by atoms with Gasteiger partial charge in [0.05, 0.1) is 0 Å². The molecule has 5 heteroatoms. The lowest BCUT2D eigenvalue weighted by Gasteiger charge is -2.01. The van der Waals surface area contributed by atoms with Gasteiger partial charge in [0, 0.05) is 22.1 Å². The second-order valence-electron chi connectivity index (χ2n) is 3.59. The number of nitrogens with two attached hydrogens (primary N) is 1. The molecule has 0 aliphatic heterocycles. The topological polar surface area (TPSA) is 67.6 Å². The molecule has 0 radical (unpaired) electrons. The second-order valence-corrected chi connectivity index (χ2v) is 4.50. The number of anilines is 1. The second kappa shape index (κ2) is 4.65. The maximum Gasteiger partial charge on any atom is 0.183 e. The van der Waals surface area contributed by atoms with Crippen molar-refractivity contribution in [3.63, 3.8) is 0 Å². The predicted molar refractivity (Wildman–Crippen MR) is 67.9 cm³/mol. The van der Waals surface area contributed by atoms with Gasteiger partial charge < -0.3 is 5.73 Å². The number of hydrogen-bond donors (Lipinski definition) is 2. The number of hydrogen-bond acceptors (Lipinski definition) is 3. The molecule has 2 rings (SSSR count). The van der Waals surface area contributed by atoms with Gasteiger partial charge in [-0.25, -0.2) is 4.98 Å². The standard InChI is InChI=1S/C11H13BrN4/c1-2-3-10-14-11(16-15-10)8-5-4-7(12)6-9(8)13/h4-6H,2-3,13H2,1H3,(H,14,15,16). The van der Waals surface area contributed by atoms with Crippen molar-refractivity contribution in [1.29, 1.82) is 0 Å². The minimum Gasteiger partial charge on any atom is -0.398 e. The Kier molecular flexibility index (Phi) is 3.24. The van der Waals surface area contributed by atoms with Gasteiger partial charge in [0.25, 0.3) is 0 Å². The van der Waals surface area contributed by atoms with Crippen molar-refractivity contribution in [2.75, 3.05) is 5.73 Å². The van der Waals surface area contributed by atoms with Crippen molar-refractivity contribution < 1.29 is 0 Å². The predicted octanol–water partition coefficient (Wildman–Crippen LogP) is 2.77. The summed E-state index contributed by atoms with van der Waals surface area (Å²) in [4.78, 5) is 4.40. The average Bonchev–Trinajstić information content (AvgIpc) is 2.67. The normalized spacial score (nSPS) is 10.6. The summed E-state index contributed by atoms with van der Waals surface area (Å²) >= 11 is 3.37. The average molecular weight is 281 g/mol. The number of benzene rings is 1. The van der Waals surface area contributed by atoms with E-state index in [4.69, 9.17) is 5.73 Å². The van der Waals surface area contributed by atoms with Crippen LogP contribution in [0.5, 0.6) is 0 Å². The van der Waals surface area contributed by atoms with Crippen molar-refractivity contribution >= 4 is 21.6 Å². The van der Waals surface area contributed by atoms with E-state index >= 15 is 0 Å². The Hall–Kier alpha value is -1.36. The molecule has 0 spiro atoms.